The van der Waals surface area contributed by atoms with Gasteiger partial charge < -0.3 is 30.4 Å². The van der Waals surface area contributed by atoms with Gasteiger partial charge in [0.15, 0.2) is 0 Å². The molecule has 0 bridgehead atoms. The maximum Gasteiger partial charge on any atom is 0.227 e. The summed E-state index contributed by atoms with van der Waals surface area (Å²) in [7, 11) is 0. The molecule has 1 saturated carbocycles. The van der Waals surface area contributed by atoms with Crippen molar-refractivity contribution in [3.8, 4) is 0 Å². The first kappa shape index (κ1) is 21.0. The summed E-state index contributed by atoms with van der Waals surface area (Å²) in [4.78, 5) is 46.8. The smallest absolute Gasteiger partial charge is 0.227 e. The van der Waals surface area contributed by atoms with E-state index in [0.717, 1.165) is 6.42 Å². The Balaban J connectivity index is 1.57. The number of carboxylic acid groups (broad SMARTS) is 2. The van der Waals surface area contributed by atoms with Crippen molar-refractivity contribution in [2.24, 2.45) is 11.8 Å². The van der Waals surface area contributed by atoms with Gasteiger partial charge in [0.1, 0.15) is 0 Å². The molecule has 1 fully saturated rings. The number of carboxylic acids is 2. The Bertz CT molecular complexity index is 875. The van der Waals surface area contributed by atoms with E-state index in [1.165, 1.54) is 48.5 Å². The third-order valence-corrected chi connectivity index (χ3v) is 5.19. The molecule has 8 nitrogen and oxygen atoms in total. The van der Waals surface area contributed by atoms with Crippen LogP contribution >= 0.6 is 0 Å². The van der Waals surface area contributed by atoms with Gasteiger partial charge in [0.25, 0.3) is 0 Å². The van der Waals surface area contributed by atoms with Crippen molar-refractivity contribution in [3.63, 3.8) is 0 Å². The summed E-state index contributed by atoms with van der Waals surface area (Å²) in [5.74, 6) is -3.68. The Hall–Kier alpha value is -3.68. The highest BCUT2D eigenvalue weighted by Gasteiger charge is 2.31. The topological polar surface area (TPSA) is 138 Å². The lowest BCUT2D eigenvalue weighted by atomic mass is 9.80. The van der Waals surface area contributed by atoms with Gasteiger partial charge in [-0.3, -0.25) is 9.59 Å². The summed E-state index contributed by atoms with van der Waals surface area (Å²) in [5, 5.41) is 27.1. The molecule has 2 aromatic carbocycles. The fourth-order valence-electron chi connectivity index (χ4n) is 3.53. The summed E-state index contributed by atoms with van der Waals surface area (Å²) >= 11 is 0. The number of carbonyl (C=O) groups excluding carboxylic acids is 4. The van der Waals surface area contributed by atoms with Gasteiger partial charge in [-0.25, -0.2) is 0 Å². The van der Waals surface area contributed by atoms with Gasteiger partial charge in [0.05, 0.1) is 11.9 Å². The minimum Gasteiger partial charge on any atom is -0.545 e. The molecular weight excluding hydrogens is 388 g/mol. The number of benzene rings is 2. The molecule has 30 heavy (non-hydrogen) atoms. The molecule has 1 aliphatic carbocycles. The van der Waals surface area contributed by atoms with E-state index in [2.05, 4.69) is 10.6 Å². The molecule has 0 saturated heterocycles. The molecule has 0 aliphatic heterocycles. The Morgan fingerprint density at radius 2 is 1.03 bits per heavy atom. The number of aromatic carboxylic acids is 2. The van der Waals surface area contributed by atoms with E-state index in [9.17, 15) is 29.4 Å². The van der Waals surface area contributed by atoms with Crippen LogP contribution in [0.4, 0.5) is 11.4 Å². The number of hydrogen-bond acceptors (Lipinski definition) is 6. The van der Waals surface area contributed by atoms with Crippen molar-refractivity contribution in [2.45, 2.75) is 25.7 Å². The monoisotopic (exact) mass is 408 g/mol. The zero-order valence-corrected chi connectivity index (χ0v) is 16.1. The lowest BCUT2D eigenvalue weighted by Crippen LogP contribution is -2.33. The van der Waals surface area contributed by atoms with E-state index in [-0.39, 0.29) is 34.8 Å². The molecule has 2 aromatic rings. The van der Waals surface area contributed by atoms with Gasteiger partial charge in [-0.1, -0.05) is 30.7 Å². The summed E-state index contributed by atoms with van der Waals surface area (Å²) in [6.45, 7) is 0. The molecule has 2 atom stereocenters. The third kappa shape index (κ3) is 5.22. The molecule has 156 valence electrons. The van der Waals surface area contributed by atoms with Crippen LogP contribution in [0.5, 0.6) is 0 Å². The first-order valence-corrected chi connectivity index (χ1v) is 9.58. The molecule has 0 spiro atoms. The summed E-state index contributed by atoms with van der Waals surface area (Å²) in [5.41, 5.74) is 0.999. The van der Waals surface area contributed by atoms with Crippen LogP contribution in [0.25, 0.3) is 0 Å². The highest BCUT2D eigenvalue weighted by molar-refractivity contribution is 5.96. The maximum absolute atomic E-state index is 12.6. The van der Waals surface area contributed by atoms with Crippen molar-refractivity contribution < 1.29 is 29.4 Å². The second-order valence-corrected chi connectivity index (χ2v) is 7.27. The first-order valence-electron chi connectivity index (χ1n) is 9.58. The molecule has 3 rings (SSSR count). The SMILES string of the molecule is O=C([O-])c1ccc(NC(=O)[C@H]2CCC[C@H](C(=O)Nc3ccc(C(=O)[O-])cc3)C2)cc1. The number of hydrogen-bond donors (Lipinski definition) is 2. The van der Waals surface area contributed by atoms with E-state index in [1.807, 2.05) is 0 Å². The van der Waals surface area contributed by atoms with Crippen LogP contribution in [-0.4, -0.2) is 23.8 Å². The van der Waals surface area contributed by atoms with Gasteiger partial charge in [-0.2, -0.15) is 0 Å². The molecule has 0 radical (unpaired) electrons. The maximum atomic E-state index is 12.6. The average molecular weight is 408 g/mol. The van der Waals surface area contributed by atoms with Crippen LogP contribution in [-0.2, 0) is 9.59 Å². The Kier molecular flexibility index (Phi) is 6.46. The Labute approximate surface area is 172 Å². The van der Waals surface area contributed by atoms with E-state index in [4.69, 9.17) is 0 Å². The van der Waals surface area contributed by atoms with Crippen molar-refractivity contribution in [1.29, 1.82) is 0 Å². The van der Waals surface area contributed by atoms with Gasteiger partial charge in [0, 0.05) is 23.2 Å². The van der Waals surface area contributed by atoms with Gasteiger partial charge >= 0.3 is 0 Å². The highest BCUT2D eigenvalue weighted by Crippen LogP contribution is 2.31. The largest absolute Gasteiger partial charge is 0.545 e. The molecule has 2 amide bonds. The minimum absolute atomic E-state index is 0.0232. The van der Waals surface area contributed by atoms with Crippen LogP contribution < -0.4 is 20.8 Å². The van der Waals surface area contributed by atoms with Crippen LogP contribution in [0.2, 0.25) is 0 Å². The number of amides is 2. The summed E-state index contributed by atoms with van der Waals surface area (Å²) in [6, 6.07) is 11.4. The van der Waals surface area contributed by atoms with Crippen LogP contribution in [0.1, 0.15) is 46.4 Å². The van der Waals surface area contributed by atoms with E-state index >= 15 is 0 Å². The van der Waals surface area contributed by atoms with E-state index in [1.54, 1.807) is 0 Å². The average Bonchev–Trinajstić information content (AvgIpc) is 2.74. The third-order valence-electron chi connectivity index (χ3n) is 5.19. The zero-order valence-electron chi connectivity index (χ0n) is 16.1. The lowest BCUT2D eigenvalue weighted by Gasteiger charge is -2.27. The quantitative estimate of drug-likeness (QED) is 0.725. The lowest BCUT2D eigenvalue weighted by molar-refractivity contribution is -0.256. The second-order valence-electron chi connectivity index (χ2n) is 7.27. The zero-order chi connectivity index (χ0) is 21.7. The fraction of sp³-hybridized carbons (Fsp3) is 0.273. The normalized spacial score (nSPS) is 18.3. The molecule has 0 unspecified atom stereocenters. The summed E-state index contributed by atoms with van der Waals surface area (Å²) in [6.07, 6.45) is 2.44. The van der Waals surface area contributed by atoms with Gasteiger partial charge in [-0.15, -0.1) is 0 Å². The summed E-state index contributed by atoms with van der Waals surface area (Å²) < 4.78 is 0. The number of nitrogens with one attached hydrogen (secondary N) is 2. The van der Waals surface area contributed by atoms with Crippen LogP contribution in [0.3, 0.4) is 0 Å². The molecule has 2 N–H and O–H groups in total. The van der Waals surface area contributed by atoms with Crippen molar-refractivity contribution >= 4 is 35.1 Å². The molecule has 0 heterocycles. The Morgan fingerprint density at radius 1 is 0.667 bits per heavy atom. The van der Waals surface area contributed by atoms with Gasteiger partial charge in [-0.05, 0) is 54.7 Å². The standard InChI is InChI=1S/C22H22N2O6/c25-19(23-17-8-4-13(5-9-17)21(27)28)15-2-1-3-16(12-15)20(26)24-18-10-6-14(7-11-18)22(29)30/h4-11,15-16H,1-3,12H2,(H,23,25)(H,24,26)(H,27,28)(H,29,30)/p-2/t15-,16-/m0/s1. The van der Waals surface area contributed by atoms with Crippen LogP contribution in [0, 0.1) is 11.8 Å². The van der Waals surface area contributed by atoms with Crippen molar-refractivity contribution in [3.05, 3.63) is 59.7 Å². The molecule has 8 heteroatoms. The number of carbonyl (C=O) groups is 4. The molecule has 0 aromatic heterocycles. The minimum atomic E-state index is -1.29. The van der Waals surface area contributed by atoms with E-state index in [0.29, 0.717) is 30.6 Å². The second kappa shape index (κ2) is 9.21. The predicted octanol–water partition coefficient (Wildman–Crippen LogP) is 0.797. The van der Waals surface area contributed by atoms with E-state index < -0.39 is 11.9 Å². The fourth-order valence-corrected chi connectivity index (χ4v) is 3.53. The van der Waals surface area contributed by atoms with Crippen molar-refractivity contribution in [2.75, 3.05) is 10.6 Å². The predicted molar refractivity (Wildman–Crippen MR) is 104 cm³/mol. The Morgan fingerprint density at radius 3 is 1.37 bits per heavy atom. The number of anilines is 2. The van der Waals surface area contributed by atoms with Gasteiger partial charge in [0.2, 0.25) is 11.8 Å². The molecule has 1 aliphatic rings. The van der Waals surface area contributed by atoms with Crippen molar-refractivity contribution in [1.82, 2.24) is 0 Å². The first-order chi connectivity index (χ1) is 14.3. The number of rotatable bonds is 6. The highest BCUT2D eigenvalue weighted by atomic mass is 16.4. The van der Waals surface area contributed by atoms with Crippen LogP contribution in [0.15, 0.2) is 48.5 Å². The molecular formula is C22H20N2O6-2.